The molecule has 1 aromatic heterocycles. The van der Waals surface area contributed by atoms with E-state index >= 15 is 0 Å². The predicted molar refractivity (Wildman–Crippen MR) is 99.6 cm³/mol. The van der Waals surface area contributed by atoms with Crippen molar-refractivity contribution in [2.45, 2.75) is 26.8 Å². The minimum atomic E-state index is -0.726. The maximum Gasteiger partial charge on any atom is 0.312 e. The van der Waals surface area contributed by atoms with Crippen molar-refractivity contribution in [3.05, 3.63) is 51.3 Å². The highest BCUT2D eigenvalue weighted by Gasteiger charge is 2.26. The Morgan fingerprint density at radius 3 is 2.46 bits per heavy atom. The number of rotatable bonds is 6. The van der Waals surface area contributed by atoms with Gasteiger partial charge in [0.2, 0.25) is 0 Å². The largest absolute Gasteiger partial charge is 0.378 e. The Hall–Kier alpha value is -3.23. The quantitative estimate of drug-likeness (QED) is 0.484. The lowest BCUT2D eigenvalue weighted by atomic mass is 10.2. The van der Waals surface area contributed by atoms with E-state index in [0.29, 0.717) is 5.69 Å². The van der Waals surface area contributed by atoms with Gasteiger partial charge in [-0.1, -0.05) is 12.1 Å². The molecule has 0 fully saturated rings. The molecule has 0 spiro atoms. The first-order chi connectivity index (χ1) is 12.2. The van der Waals surface area contributed by atoms with Gasteiger partial charge in [-0.05, 0) is 38.5 Å². The predicted octanol–water partition coefficient (Wildman–Crippen LogP) is 2.19. The van der Waals surface area contributed by atoms with Crippen molar-refractivity contribution in [2.24, 2.45) is 5.10 Å². The standard InChI is InChI=1S/C17H22N6O3/c1-11-16(23(25)26)12(2)22(20-11)13(3)17(24)19-18-10-14-6-8-15(9-7-14)21(4)5/h6-10,13H,1-5H3,(H,19,24)/t13-/m0/s1. The van der Waals surface area contributed by atoms with Gasteiger partial charge in [0.25, 0.3) is 5.91 Å². The number of hydrogen-bond donors (Lipinski definition) is 1. The fourth-order valence-electron chi connectivity index (χ4n) is 2.53. The van der Waals surface area contributed by atoms with Gasteiger partial charge in [-0.25, -0.2) is 5.43 Å². The Morgan fingerprint density at radius 1 is 1.35 bits per heavy atom. The minimum Gasteiger partial charge on any atom is -0.378 e. The fraction of sp³-hybridized carbons (Fsp3) is 0.353. The molecule has 1 aromatic carbocycles. The second kappa shape index (κ2) is 7.77. The summed E-state index contributed by atoms with van der Waals surface area (Å²) in [5.41, 5.74) is 4.87. The highest BCUT2D eigenvalue weighted by molar-refractivity contribution is 5.84. The van der Waals surface area contributed by atoms with Crippen molar-refractivity contribution < 1.29 is 9.72 Å². The average Bonchev–Trinajstić information content (AvgIpc) is 2.89. The monoisotopic (exact) mass is 358 g/mol. The SMILES string of the molecule is Cc1nn([C@@H](C)C(=O)NN=Cc2ccc(N(C)C)cc2)c(C)c1[N+](=O)[O-]. The third-order valence-corrected chi connectivity index (χ3v) is 4.01. The van der Waals surface area contributed by atoms with E-state index in [0.717, 1.165) is 11.3 Å². The van der Waals surface area contributed by atoms with E-state index in [4.69, 9.17) is 0 Å². The molecule has 9 heteroatoms. The van der Waals surface area contributed by atoms with Crippen LogP contribution in [0.1, 0.15) is 29.9 Å². The summed E-state index contributed by atoms with van der Waals surface area (Å²) in [5.74, 6) is -0.411. The normalized spacial score (nSPS) is 12.2. The smallest absolute Gasteiger partial charge is 0.312 e. The molecule has 2 rings (SSSR count). The van der Waals surface area contributed by atoms with Gasteiger partial charge in [0.15, 0.2) is 0 Å². The minimum absolute atomic E-state index is 0.0749. The number of nitrogens with one attached hydrogen (secondary N) is 1. The van der Waals surface area contributed by atoms with E-state index in [1.807, 2.05) is 43.3 Å². The molecule has 1 atom stereocenters. The fourth-order valence-corrected chi connectivity index (χ4v) is 2.53. The molecule has 0 aliphatic heterocycles. The summed E-state index contributed by atoms with van der Waals surface area (Å²) >= 11 is 0. The van der Waals surface area contributed by atoms with Gasteiger partial charge in [0.05, 0.1) is 11.1 Å². The molecule has 9 nitrogen and oxygen atoms in total. The molecule has 0 bridgehead atoms. The number of nitrogens with zero attached hydrogens (tertiary/aromatic N) is 5. The van der Waals surface area contributed by atoms with Gasteiger partial charge in [0, 0.05) is 19.8 Å². The third kappa shape index (κ3) is 4.05. The Balaban J connectivity index is 2.05. The van der Waals surface area contributed by atoms with Crippen LogP contribution in [0.4, 0.5) is 11.4 Å². The third-order valence-electron chi connectivity index (χ3n) is 4.01. The molecule has 0 aliphatic carbocycles. The highest BCUT2D eigenvalue weighted by atomic mass is 16.6. The zero-order valence-electron chi connectivity index (χ0n) is 15.4. The molecule has 0 radical (unpaired) electrons. The van der Waals surface area contributed by atoms with Crippen molar-refractivity contribution in [3.63, 3.8) is 0 Å². The van der Waals surface area contributed by atoms with Crippen LogP contribution in [0.5, 0.6) is 0 Å². The number of anilines is 1. The zero-order valence-corrected chi connectivity index (χ0v) is 15.4. The second-order valence-corrected chi connectivity index (χ2v) is 6.12. The van der Waals surface area contributed by atoms with Crippen molar-refractivity contribution in [2.75, 3.05) is 19.0 Å². The number of carbonyl (C=O) groups excluding carboxylic acids is 1. The maximum absolute atomic E-state index is 12.3. The van der Waals surface area contributed by atoms with Crippen LogP contribution < -0.4 is 10.3 Å². The second-order valence-electron chi connectivity index (χ2n) is 6.12. The lowest BCUT2D eigenvalue weighted by Crippen LogP contribution is -2.28. The molecular weight excluding hydrogens is 336 g/mol. The van der Waals surface area contributed by atoms with Crippen LogP contribution in [0.2, 0.25) is 0 Å². The van der Waals surface area contributed by atoms with Crippen LogP contribution >= 0.6 is 0 Å². The average molecular weight is 358 g/mol. The number of hydrazone groups is 1. The first kappa shape index (κ1) is 19.1. The number of benzene rings is 1. The van der Waals surface area contributed by atoms with Gasteiger partial charge in [-0.3, -0.25) is 19.6 Å². The molecule has 26 heavy (non-hydrogen) atoms. The first-order valence-electron chi connectivity index (χ1n) is 8.02. The molecule has 1 heterocycles. The molecular formula is C17H22N6O3. The van der Waals surface area contributed by atoms with Crippen LogP contribution in [0, 0.1) is 24.0 Å². The van der Waals surface area contributed by atoms with Crippen molar-refractivity contribution in [1.82, 2.24) is 15.2 Å². The maximum atomic E-state index is 12.3. The molecule has 1 N–H and O–H groups in total. The molecule has 0 aliphatic rings. The van der Waals surface area contributed by atoms with E-state index in [2.05, 4.69) is 15.6 Å². The van der Waals surface area contributed by atoms with Gasteiger partial charge >= 0.3 is 5.69 Å². The lowest BCUT2D eigenvalue weighted by molar-refractivity contribution is -0.386. The number of hydrogen-bond acceptors (Lipinski definition) is 6. The topological polar surface area (TPSA) is 106 Å². The number of aryl methyl sites for hydroxylation is 1. The van der Waals surface area contributed by atoms with E-state index in [9.17, 15) is 14.9 Å². The molecule has 2 aromatic rings. The van der Waals surface area contributed by atoms with Crippen LogP contribution in [0.3, 0.4) is 0 Å². The first-order valence-corrected chi connectivity index (χ1v) is 8.02. The van der Waals surface area contributed by atoms with Gasteiger partial charge < -0.3 is 4.90 Å². The van der Waals surface area contributed by atoms with Gasteiger partial charge in [0.1, 0.15) is 17.4 Å². The summed E-state index contributed by atoms with van der Waals surface area (Å²) < 4.78 is 1.34. The Bertz CT molecular complexity index is 839. The summed E-state index contributed by atoms with van der Waals surface area (Å²) in [7, 11) is 3.90. The van der Waals surface area contributed by atoms with Gasteiger partial charge in [-0.15, -0.1) is 0 Å². The van der Waals surface area contributed by atoms with Crippen molar-refractivity contribution >= 4 is 23.5 Å². The highest BCUT2D eigenvalue weighted by Crippen LogP contribution is 2.24. The number of aromatic nitrogens is 2. The molecule has 0 saturated heterocycles. The lowest BCUT2D eigenvalue weighted by Gasteiger charge is -2.12. The van der Waals surface area contributed by atoms with Crippen LogP contribution in [0.15, 0.2) is 29.4 Å². The van der Waals surface area contributed by atoms with Crippen LogP contribution in [-0.4, -0.2) is 40.9 Å². The van der Waals surface area contributed by atoms with Crippen LogP contribution in [0.25, 0.3) is 0 Å². The Morgan fingerprint density at radius 2 is 1.96 bits per heavy atom. The molecule has 0 unspecified atom stereocenters. The van der Waals surface area contributed by atoms with Gasteiger partial charge in [-0.2, -0.15) is 10.2 Å². The number of carbonyl (C=O) groups is 1. The summed E-state index contributed by atoms with van der Waals surface area (Å²) in [6.45, 7) is 4.72. The van der Waals surface area contributed by atoms with E-state index in [1.165, 1.54) is 10.9 Å². The van der Waals surface area contributed by atoms with Crippen LogP contribution in [-0.2, 0) is 4.79 Å². The number of amides is 1. The number of nitro groups is 1. The van der Waals surface area contributed by atoms with E-state index in [-0.39, 0.29) is 11.4 Å². The Kier molecular flexibility index (Phi) is 5.71. The summed E-state index contributed by atoms with van der Waals surface area (Å²) in [6, 6.07) is 6.94. The zero-order chi connectivity index (χ0) is 19.4. The van der Waals surface area contributed by atoms with E-state index < -0.39 is 16.9 Å². The summed E-state index contributed by atoms with van der Waals surface area (Å²) in [5, 5.41) is 19.1. The van der Waals surface area contributed by atoms with Crippen molar-refractivity contribution in [1.29, 1.82) is 0 Å². The molecule has 0 saturated carbocycles. The molecule has 1 amide bonds. The summed E-state index contributed by atoms with van der Waals surface area (Å²) in [6.07, 6.45) is 1.54. The molecule has 138 valence electrons. The Labute approximate surface area is 151 Å². The summed E-state index contributed by atoms with van der Waals surface area (Å²) in [4.78, 5) is 24.8. The van der Waals surface area contributed by atoms with E-state index in [1.54, 1.807) is 20.8 Å². The van der Waals surface area contributed by atoms with Crippen molar-refractivity contribution in [3.8, 4) is 0 Å².